The number of hydrogen-bond donors (Lipinski definition) is 6. The van der Waals surface area contributed by atoms with E-state index < -0.39 is 30.8 Å². The molecule has 3 unspecified atom stereocenters. The summed E-state index contributed by atoms with van der Waals surface area (Å²) in [7, 11) is 0. The van der Waals surface area contributed by atoms with Crippen LogP contribution in [-0.2, 0) is 14.3 Å². The number of nitrogens with one attached hydrogen (secondary N) is 4. The largest absolute Gasteiger partial charge is 0.394 e. The minimum atomic E-state index is -0.743. The van der Waals surface area contributed by atoms with E-state index in [0.29, 0.717) is 13.1 Å². The molecule has 0 aliphatic carbocycles. The predicted molar refractivity (Wildman–Crippen MR) is 81.8 cm³/mol. The van der Waals surface area contributed by atoms with E-state index in [2.05, 4.69) is 21.3 Å². The predicted octanol–water partition coefficient (Wildman–Crippen LogP) is -3.21. The number of amides is 2. The first-order valence-corrected chi connectivity index (χ1v) is 8.21. The van der Waals surface area contributed by atoms with Crippen molar-refractivity contribution >= 4 is 11.8 Å². The molecule has 6 N–H and O–H groups in total. The third-order valence-corrected chi connectivity index (χ3v) is 4.64. The molecular weight excluding hydrogens is 318 g/mol. The molecule has 3 aliphatic heterocycles. The van der Waals surface area contributed by atoms with Crippen LogP contribution in [0.15, 0.2) is 0 Å². The Morgan fingerprint density at radius 2 is 2.25 bits per heavy atom. The Morgan fingerprint density at radius 1 is 1.50 bits per heavy atom. The number of nitrogens with zero attached hydrogens (tertiary/aromatic N) is 1. The summed E-state index contributed by atoms with van der Waals surface area (Å²) in [6, 6.07) is -0.480. The van der Waals surface area contributed by atoms with Crippen LogP contribution in [0.25, 0.3) is 0 Å². The Morgan fingerprint density at radius 3 is 2.88 bits per heavy atom. The zero-order chi connectivity index (χ0) is 17.4. The van der Waals surface area contributed by atoms with E-state index in [1.165, 1.54) is 0 Å². The lowest BCUT2D eigenvalue weighted by Crippen LogP contribution is -2.72. The monoisotopic (exact) mass is 343 g/mol. The van der Waals surface area contributed by atoms with Crippen molar-refractivity contribution in [3.8, 4) is 0 Å². The minimum Gasteiger partial charge on any atom is -0.394 e. The fourth-order valence-corrected chi connectivity index (χ4v) is 3.23. The van der Waals surface area contributed by atoms with Crippen molar-refractivity contribution in [1.29, 1.82) is 0 Å². The molecule has 0 radical (unpaired) electrons. The maximum absolute atomic E-state index is 12.3. The van der Waals surface area contributed by atoms with Gasteiger partial charge in [0.25, 0.3) is 0 Å². The second kappa shape index (κ2) is 6.90. The summed E-state index contributed by atoms with van der Waals surface area (Å²) in [5.74, 6) is -0.581. The molecule has 6 atom stereocenters. The van der Waals surface area contributed by atoms with Crippen LogP contribution in [0.4, 0.5) is 0 Å². The number of rotatable bonds is 4. The summed E-state index contributed by atoms with van der Waals surface area (Å²) in [4.78, 5) is 26.0. The number of carbonyl (C=O) groups is 2. The van der Waals surface area contributed by atoms with Gasteiger partial charge in [-0.05, 0) is 0 Å². The molecule has 0 spiro atoms. The van der Waals surface area contributed by atoms with Crippen molar-refractivity contribution in [2.45, 2.75) is 57.2 Å². The van der Waals surface area contributed by atoms with Crippen LogP contribution in [0.5, 0.6) is 0 Å². The number of fused-ring (bicyclic) bond motifs is 1. The van der Waals surface area contributed by atoms with Crippen LogP contribution in [0.3, 0.4) is 0 Å². The highest BCUT2D eigenvalue weighted by Crippen LogP contribution is 2.27. The summed E-state index contributed by atoms with van der Waals surface area (Å²) < 4.78 is 5.67. The first kappa shape index (κ1) is 17.5. The van der Waals surface area contributed by atoms with Gasteiger partial charge < -0.3 is 25.6 Å². The standard InChI is InChI=1S/C14H25N5O5/c1-6(2)12(22)17-14-16-11-10(13(23)18-14)15-5-19(11)9-3-7(21)8(4-20)24-9/h6-11,14-16,20-21H,3-5H2,1-2H3,(H,17,22)(H,18,23)/t7-,8+,9+,10?,11?,14?/m0/s1. The number of aliphatic hydroxyl groups excluding tert-OH is 2. The third kappa shape index (κ3) is 3.25. The number of carbonyl (C=O) groups excluding carboxylic acids is 2. The van der Waals surface area contributed by atoms with Crippen LogP contribution in [0.2, 0.25) is 0 Å². The Balaban J connectivity index is 1.67. The van der Waals surface area contributed by atoms with Gasteiger partial charge in [0.05, 0.1) is 25.5 Å². The van der Waals surface area contributed by atoms with Gasteiger partial charge in [-0.25, -0.2) is 4.90 Å². The second-order valence-corrected chi connectivity index (χ2v) is 6.69. The first-order valence-electron chi connectivity index (χ1n) is 8.21. The molecule has 3 aliphatic rings. The summed E-state index contributed by atoms with van der Waals surface area (Å²) >= 11 is 0. The van der Waals surface area contributed by atoms with Crippen molar-refractivity contribution in [3.05, 3.63) is 0 Å². The molecule has 0 aromatic carbocycles. The maximum Gasteiger partial charge on any atom is 0.242 e. The fraction of sp³-hybridized carbons (Fsp3) is 0.857. The average molecular weight is 343 g/mol. The smallest absolute Gasteiger partial charge is 0.242 e. The average Bonchev–Trinajstić information content (AvgIpc) is 3.10. The van der Waals surface area contributed by atoms with Gasteiger partial charge in [0.2, 0.25) is 11.8 Å². The van der Waals surface area contributed by atoms with Crippen molar-refractivity contribution < 1.29 is 24.5 Å². The van der Waals surface area contributed by atoms with Crippen molar-refractivity contribution in [1.82, 2.24) is 26.2 Å². The molecule has 0 aromatic rings. The van der Waals surface area contributed by atoms with E-state index in [4.69, 9.17) is 4.74 Å². The molecule has 0 aromatic heterocycles. The molecule has 136 valence electrons. The Bertz CT molecular complexity index is 504. The molecule has 10 nitrogen and oxygen atoms in total. The lowest BCUT2D eigenvalue weighted by molar-refractivity contribution is -0.133. The molecule has 3 fully saturated rings. The van der Waals surface area contributed by atoms with Crippen molar-refractivity contribution in [2.75, 3.05) is 13.3 Å². The summed E-state index contributed by atoms with van der Waals surface area (Å²) in [6.07, 6.45) is -2.49. The van der Waals surface area contributed by atoms with Gasteiger partial charge in [-0.3, -0.25) is 20.2 Å². The molecule has 3 heterocycles. The van der Waals surface area contributed by atoms with E-state index in [0.717, 1.165) is 0 Å². The van der Waals surface area contributed by atoms with Crippen LogP contribution in [0.1, 0.15) is 20.3 Å². The molecular formula is C14H25N5O5. The molecule has 0 saturated carbocycles. The van der Waals surface area contributed by atoms with Crippen LogP contribution in [-0.4, -0.2) is 77.1 Å². The number of aliphatic hydroxyl groups is 2. The number of hydrogen-bond acceptors (Lipinski definition) is 8. The van der Waals surface area contributed by atoms with Crippen molar-refractivity contribution in [2.24, 2.45) is 5.92 Å². The van der Waals surface area contributed by atoms with Gasteiger partial charge >= 0.3 is 0 Å². The fourth-order valence-electron chi connectivity index (χ4n) is 3.23. The summed E-state index contributed by atoms with van der Waals surface area (Å²) in [5, 5.41) is 30.9. The van der Waals surface area contributed by atoms with Gasteiger partial charge in [-0.2, -0.15) is 0 Å². The normalized spacial score (nSPS) is 39.8. The van der Waals surface area contributed by atoms with E-state index in [1.54, 1.807) is 13.8 Å². The summed E-state index contributed by atoms with van der Waals surface area (Å²) in [5.41, 5.74) is 0. The highest BCUT2D eigenvalue weighted by Gasteiger charge is 2.49. The van der Waals surface area contributed by atoms with E-state index in [9.17, 15) is 19.8 Å². The second-order valence-electron chi connectivity index (χ2n) is 6.69. The van der Waals surface area contributed by atoms with Crippen LogP contribution >= 0.6 is 0 Å². The molecule has 24 heavy (non-hydrogen) atoms. The minimum absolute atomic E-state index is 0.170. The summed E-state index contributed by atoms with van der Waals surface area (Å²) in [6.45, 7) is 3.69. The van der Waals surface area contributed by atoms with E-state index in [-0.39, 0.29) is 30.5 Å². The van der Waals surface area contributed by atoms with E-state index >= 15 is 0 Å². The molecule has 10 heteroatoms. The molecule has 2 amide bonds. The Kier molecular flexibility index (Phi) is 5.04. The zero-order valence-electron chi connectivity index (χ0n) is 13.7. The maximum atomic E-state index is 12.3. The molecule has 3 saturated heterocycles. The zero-order valence-corrected chi connectivity index (χ0v) is 13.7. The lowest BCUT2D eigenvalue weighted by atomic mass is 10.1. The van der Waals surface area contributed by atoms with Crippen LogP contribution < -0.4 is 21.3 Å². The third-order valence-electron chi connectivity index (χ3n) is 4.64. The Hall–Kier alpha value is -1.30. The topological polar surface area (TPSA) is 135 Å². The number of ether oxygens (including phenoxy) is 1. The van der Waals surface area contributed by atoms with Gasteiger partial charge in [0.1, 0.15) is 18.4 Å². The molecule has 0 bridgehead atoms. The quantitative estimate of drug-likeness (QED) is 0.314. The lowest BCUT2D eigenvalue weighted by Gasteiger charge is -2.38. The van der Waals surface area contributed by atoms with Gasteiger partial charge in [-0.1, -0.05) is 13.8 Å². The van der Waals surface area contributed by atoms with Crippen molar-refractivity contribution in [3.63, 3.8) is 0 Å². The Labute approximate surface area is 139 Å². The molecule has 3 rings (SSSR count). The van der Waals surface area contributed by atoms with Gasteiger partial charge in [-0.15, -0.1) is 0 Å². The van der Waals surface area contributed by atoms with Crippen LogP contribution in [0, 0.1) is 5.92 Å². The van der Waals surface area contributed by atoms with Gasteiger partial charge in [0.15, 0.2) is 6.29 Å². The van der Waals surface area contributed by atoms with Gasteiger partial charge in [0, 0.05) is 12.3 Å². The highest BCUT2D eigenvalue weighted by molar-refractivity contribution is 5.85. The van der Waals surface area contributed by atoms with E-state index in [1.807, 2.05) is 4.90 Å². The first-order chi connectivity index (χ1) is 11.4. The highest BCUT2D eigenvalue weighted by atomic mass is 16.5. The SMILES string of the molecule is CC(C)C(=O)NC1NC(=O)C2NCN([C@H]3C[C@H](O)[C@@H](CO)O3)C2N1.